The van der Waals surface area contributed by atoms with Gasteiger partial charge in [0.05, 0.1) is 6.61 Å². The quantitative estimate of drug-likeness (QED) is 0.231. The average molecular weight is 475 g/mol. The van der Waals surface area contributed by atoms with Gasteiger partial charge < -0.3 is 9.16 Å². The minimum Gasteiger partial charge on any atom is -0.404 e. The lowest BCUT2D eigenvalue weighted by atomic mass is 9.75. The van der Waals surface area contributed by atoms with Crippen molar-refractivity contribution in [2.75, 3.05) is 19.8 Å². The van der Waals surface area contributed by atoms with Gasteiger partial charge in [0.1, 0.15) is 0 Å². The molecule has 0 N–H and O–H groups in total. The molecule has 0 heterocycles. The first-order chi connectivity index (χ1) is 16.4. The van der Waals surface area contributed by atoms with E-state index in [0.717, 1.165) is 26.1 Å². The molecule has 0 aromatic heterocycles. The number of hydrogen-bond donors (Lipinski definition) is 0. The smallest absolute Gasteiger partial charge is 0.288 e. The summed E-state index contributed by atoms with van der Waals surface area (Å²) in [6.07, 6.45) is 2.18. The maximum absolute atomic E-state index is 7.41. The highest BCUT2D eigenvalue weighted by molar-refractivity contribution is 7.07. The van der Waals surface area contributed by atoms with Gasteiger partial charge in [-0.05, 0) is 47.2 Å². The van der Waals surface area contributed by atoms with Crippen LogP contribution < -0.4 is 15.6 Å². The number of rotatable bonds is 13. The van der Waals surface area contributed by atoms with Crippen molar-refractivity contribution in [2.24, 2.45) is 17.3 Å². The Morgan fingerprint density at radius 2 is 1.00 bits per heavy atom. The van der Waals surface area contributed by atoms with E-state index in [0.29, 0.717) is 18.4 Å². The Bertz CT molecular complexity index is 848. The van der Waals surface area contributed by atoms with E-state index in [1.165, 1.54) is 15.6 Å². The van der Waals surface area contributed by atoms with Gasteiger partial charge in [-0.2, -0.15) is 0 Å². The van der Waals surface area contributed by atoms with E-state index in [9.17, 15) is 0 Å². The topological polar surface area (TPSA) is 18.5 Å². The lowest BCUT2D eigenvalue weighted by Gasteiger charge is -2.41. The highest BCUT2D eigenvalue weighted by Crippen LogP contribution is 2.35. The monoisotopic (exact) mass is 474 g/mol. The molecule has 0 radical (unpaired) electrons. The van der Waals surface area contributed by atoms with Crippen molar-refractivity contribution in [3.05, 3.63) is 91.0 Å². The fourth-order valence-corrected chi connectivity index (χ4v) is 9.45. The molecule has 3 aromatic carbocycles. The average Bonchev–Trinajstić information content (AvgIpc) is 2.84. The van der Waals surface area contributed by atoms with Gasteiger partial charge in [-0.1, -0.05) is 119 Å². The summed E-state index contributed by atoms with van der Waals surface area (Å²) in [7, 11) is -2.73. The van der Waals surface area contributed by atoms with E-state index >= 15 is 0 Å². The Hall–Kier alpha value is -2.20. The molecule has 0 bridgehead atoms. The Kier molecular flexibility index (Phi) is 9.70. The summed E-state index contributed by atoms with van der Waals surface area (Å²) in [5.41, 5.74) is -0.0189. The van der Waals surface area contributed by atoms with E-state index in [1.807, 2.05) is 0 Å². The second kappa shape index (κ2) is 12.5. The van der Waals surface area contributed by atoms with Crippen LogP contribution in [0.15, 0.2) is 91.0 Å². The van der Waals surface area contributed by atoms with Gasteiger partial charge in [0, 0.05) is 18.6 Å². The first kappa shape index (κ1) is 26.4. The molecule has 34 heavy (non-hydrogen) atoms. The first-order valence-corrected chi connectivity index (χ1v) is 14.7. The molecule has 0 aliphatic rings. The minimum absolute atomic E-state index is 0.0189. The molecule has 0 aliphatic carbocycles. The second-order valence-electron chi connectivity index (χ2n) is 10.4. The molecule has 182 valence electrons. The van der Waals surface area contributed by atoms with Crippen LogP contribution in [0.2, 0.25) is 0 Å². The predicted octanol–water partition coefficient (Wildman–Crippen LogP) is 5.79. The van der Waals surface area contributed by atoms with Gasteiger partial charge >= 0.3 is 0 Å². The van der Waals surface area contributed by atoms with E-state index in [4.69, 9.17) is 9.16 Å². The zero-order chi connectivity index (χ0) is 24.4. The standard InChI is InChI=1S/C31H42O2Si/c1-6-32-24-31(22-26(2)3,23-27(4)5)25-33-34(28-16-10-7-11-17-28,29-18-12-8-13-19-29)30-20-14-9-15-21-30/h7-21,26-27H,6,22-25H2,1-5H3. The fraction of sp³-hybridized carbons (Fsp3) is 0.419. The lowest BCUT2D eigenvalue weighted by Crippen LogP contribution is -2.70. The molecule has 2 nitrogen and oxygen atoms in total. The fourth-order valence-electron chi connectivity index (χ4n) is 5.44. The Balaban J connectivity index is 2.16. The van der Waals surface area contributed by atoms with Gasteiger partial charge in [0.15, 0.2) is 0 Å². The summed E-state index contributed by atoms with van der Waals surface area (Å²) in [5.74, 6) is 1.15. The molecular weight excluding hydrogens is 432 g/mol. The Morgan fingerprint density at radius 1 is 0.618 bits per heavy atom. The highest BCUT2D eigenvalue weighted by atomic mass is 28.4. The number of ether oxygens (including phenoxy) is 1. The SMILES string of the molecule is CCOCC(CO[Si](c1ccccc1)(c1ccccc1)c1ccccc1)(CC(C)C)CC(C)C. The van der Waals surface area contributed by atoms with Crippen LogP contribution in [-0.2, 0) is 9.16 Å². The molecule has 0 saturated carbocycles. The van der Waals surface area contributed by atoms with E-state index in [-0.39, 0.29) is 5.41 Å². The maximum Gasteiger partial charge on any atom is 0.288 e. The molecule has 0 amide bonds. The zero-order valence-electron chi connectivity index (χ0n) is 21.7. The summed E-state index contributed by atoms with van der Waals surface area (Å²) in [6.45, 7) is 13.5. The van der Waals surface area contributed by atoms with Crippen molar-refractivity contribution in [3.8, 4) is 0 Å². The van der Waals surface area contributed by atoms with E-state index in [1.54, 1.807) is 0 Å². The minimum atomic E-state index is -2.73. The van der Waals surface area contributed by atoms with Crippen LogP contribution in [0, 0.1) is 17.3 Å². The van der Waals surface area contributed by atoms with Crippen LogP contribution in [-0.4, -0.2) is 28.1 Å². The number of benzene rings is 3. The van der Waals surface area contributed by atoms with Crippen LogP contribution in [0.3, 0.4) is 0 Å². The van der Waals surface area contributed by atoms with Crippen LogP contribution >= 0.6 is 0 Å². The van der Waals surface area contributed by atoms with Crippen LogP contribution in [0.4, 0.5) is 0 Å². The normalized spacial score (nSPS) is 12.4. The molecule has 0 spiro atoms. The molecule has 3 aromatic rings. The summed E-state index contributed by atoms with van der Waals surface area (Å²) >= 11 is 0. The molecule has 0 unspecified atom stereocenters. The molecule has 0 fully saturated rings. The van der Waals surface area contributed by atoms with Gasteiger partial charge in [-0.25, -0.2) is 0 Å². The largest absolute Gasteiger partial charge is 0.404 e. The number of hydrogen-bond acceptors (Lipinski definition) is 2. The van der Waals surface area contributed by atoms with Crippen molar-refractivity contribution in [1.82, 2.24) is 0 Å². The van der Waals surface area contributed by atoms with Crippen LogP contribution in [0.25, 0.3) is 0 Å². The van der Waals surface area contributed by atoms with Crippen molar-refractivity contribution in [1.29, 1.82) is 0 Å². The summed E-state index contributed by atoms with van der Waals surface area (Å²) < 4.78 is 13.5. The molecule has 0 atom stereocenters. The van der Waals surface area contributed by atoms with E-state index in [2.05, 4.69) is 126 Å². The molecule has 3 heteroatoms. The Morgan fingerprint density at radius 3 is 1.32 bits per heavy atom. The van der Waals surface area contributed by atoms with Crippen LogP contribution in [0.1, 0.15) is 47.5 Å². The van der Waals surface area contributed by atoms with Gasteiger partial charge in [0.25, 0.3) is 8.32 Å². The van der Waals surface area contributed by atoms with Crippen LogP contribution in [0.5, 0.6) is 0 Å². The Labute approximate surface area is 208 Å². The third-order valence-corrected chi connectivity index (χ3v) is 10.4. The third kappa shape index (κ3) is 6.47. The van der Waals surface area contributed by atoms with Gasteiger partial charge in [-0.3, -0.25) is 0 Å². The summed E-state index contributed by atoms with van der Waals surface area (Å²) in [6, 6.07) is 32.6. The maximum atomic E-state index is 7.41. The molecule has 3 rings (SSSR count). The zero-order valence-corrected chi connectivity index (χ0v) is 22.7. The van der Waals surface area contributed by atoms with Crippen molar-refractivity contribution in [2.45, 2.75) is 47.5 Å². The molecule has 0 aliphatic heterocycles. The first-order valence-electron chi connectivity index (χ1n) is 12.8. The van der Waals surface area contributed by atoms with Crippen molar-refractivity contribution < 1.29 is 9.16 Å². The predicted molar refractivity (Wildman–Crippen MR) is 148 cm³/mol. The van der Waals surface area contributed by atoms with Crippen molar-refractivity contribution in [3.63, 3.8) is 0 Å². The lowest BCUT2D eigenvalue weighted by molar-refractivity contribution is -0.00882. The highest BCUT2D eigenvalue weighted by Gasteiger charge is 2.44. The second-order valence-corrected chi connectivity index (χ2v) is 13.8. The summed E-state index contributed by atoms with van der Waals surface area (Å²) in [5, 5.41) is 3.85. The molecular formula is C31H42O2Si. The van der Waals surface area contributed by atoms with E-state index < -0.39 is 8.32 Å². The van der Waals surface area contributed by atoms with Gasteiger partial charge in [0.2, 0.25) is 0 Å². The third-order valence-electron chi connectivity index (χ3n) is 6.43. The summed E-state index contributed by atoms with van der Waals surface area (Å²) in [4.78, 5) is 0. The van der Waals surface area contributed by atoms with Crippen molar-refractivity contribution >= 4 is 23.9 Å². The molecule has 0 saturated heterocycles. The van der Waals surface area contributed by atoms with Gasteiger partial charge in [-0.15, -0.1) is 0 Å².